The molecule has 2 heterocycles. The first-order valence-electron chi connectivity index (χ1n) is 5.45. The lowest BCUT2D eigenvalue weighted by Gasteiger charge is -2.06. The molecule has 0 aliphatic heterocycles. The lowest BCUT2D eigenvalue weighted by molar-refractivity contribution is 1.25. The average Bonchev–Trinajstić information content (AvgIpc) is 2.45. The number of aromatic nitrogens is 2. The van der Waals surface area contributed by atoms with Crippen molar-refractivity contribution in [3.05, 3.63) is 36.4 Å². The van der Waals surface area contributed by atoms with Gasteiger partial charge >= 0.3 is 0 Å². The van der Waals surface area contributed by atoms with E-state index < -0.39 is 0 Å². The van der Waals surface area contributed by atoms with E-state index in [0.717, 1.165) is 21.8 Å². The highest BCUT2D eigenvalue weighted by atomic mass is 15.3. The molecule has 1 aromatic carbocycles. The lowest BCUT2D eigenvalue weighted by Crippen LogP contribution is -2.09. The Morgan fingerprint density at radius 1 is 0.667 bits per heavy atom. The van der Waals surface area contributed by atoms with Gasteiger partial charge in [-0.2, -0.15) is 0 Å². The largest absolute Gasteiger partial charge is 0.308 e. The van der Waals surface area contributed by atoms with E-state index in [2.05, 4.69) is 20.8 Å². The summed E-state index contributed by atoms with van der Waals surface area (Å²) >= 11 is 0. The molecule has 3 aromatic rings. The molecule has 6 nitrogen and oxygen atoms in total. The Balaban J connectivity index is 2.40. The molecular weight excluding hydrogens is 228 g/mol. The third-order valence-electron chi connectivity index (χ3n) is 2.82. The van der Waals surface area contributed by atoms with Crippen LogP contribution >= 0.6 is 0 Å². The molecule has 0 bridgehead atoms. The van der Waals surface area contributed by atoms with Gasteiger partial charge in [0.05, 0.1) is 11.0 Å². The summed E-state index contributed by atoms with van der Waals surface area (Å²) in [6.45, 7) is 0. The summed E-state index contributed by atoms with van der Waals surface area (Å²) in [6, 6.07) is 11.5. The molecule has 18 heavy (non-hydrogen) atoms. The van der Waals surface area contributed by atoms with E-state index in [0.29, 0.717) is 11.6 Å². The van der Waals surface area contributed by atoms with Crippen molar-refractivity contribution in [2.75, 3.05) is 10.9 Å². The van der Waals surface area contributed by atoms with Gasteiger partial charge in [0.1, 0.15) is 11.6 Å². The summed E-state index contributed by atoms with van der Waals surface area (Å²) in [4.78, 5) is 8.86. The molecular formula is C12H12N6. The maximum Gasteiger partial charge on any atom is 0.140 e. The first-order valence-corrected chi connectivity index (χ1v) is 5.45. The number of hydrogen-bond acceptors (Lipinski definition) is 6. The summed E-state index contributed by atoms with van der Waals surface area (Å²) < 4.78 is 0. The van der Waals surface area contributed by atoms with Crippen LogP contribution in [0, 0.1) is 0 Å². The highest BCUT2D eigenvalue weighted by Gasteiger charge is 2.05. The zero-order valence-electron chi connectivity index (χ0n) is 9.51. The van der Waals surface area contributed by atoms with E-state index in [4.69, 9.17) is 11.7 Å². The molecule has 6 heteroatoms. The number of pyridine rings is 2. The van der Waals surface area contributed by atoms with Gasteiger partial charge in [-0.15, -0.1) is 0 Å². The van der Waals surface area contributed by atoms with Crippen molar-refractivity contribution >= 4 is 33.4 Å². The smallest absolute Gasteiger partial charge is 0.140 e. The minimum atomic E-state index is 0.600. The van der Waals surface area contributed by atoms with Crippen LogP contribution in [-0.2, 0) is 0 Å². The third-order valence-corrected chi connectivity index (χ3v) is 2.82. The minimum Gasteiger partial charge on any atom is -0.308 e. The molecule has 0 spiro atoms. The number of nitrogens with zero attached hydrogens (tertiary/aromatic N) is 2. The molecule has 0 unspecified atom stereocenters. The van der Waals surface area contributed by atoms with Crippen molar-refractivity contribution in [1.29, 1.82) is 0 Å². The Morgan fingerprint density at radius 2 is 1.06 bits per heavy atom. The van der Waals surface area contributed by atoms with E-state index in [1.807, 2.05) is 36.4 Å². The number of anilines is 2. The summed E-state index contributed by atoms with van der Waals surface area (Å²) in [5.41, 5.74) is 6.65. The van der Waals surface area contributed by atoms with Gasteiger partial charge in [-0.05, 0) is 24.3 Å². The second kappa shape index (κ2) is 4.10. The molecule has 6 N–H and O–H groups in total. The molecule has 3 rings (SSSR count). The molecule has 0 radical (unpaired) electrons. The van der Waals surface area contributed by atoms with Crippen LogP contribution < -0.4 is 22.5 Å². The van der Waals surface area contributed by atoms with Crippen LogP contribution in [0.25, 0.3) is 21.8 Å². The van der Waals surface area contributed by atoms with Gasteiger partial charge < -0.3 is 10.9 Å². The van der Waals surface area contributed by atoms with Crippen molar-refractivity contribution in [3.63, 3.8) is 0 Å². The monoisotopic (exact) mass is 240 g/mol. The number of hydrogen-bond donors (Lipinski definition) is 4. The molecule has 0 saturated carbocycles. The first-order chi connectivity index (χ1) is 8.81. The van der Waals surface area contributed by atoms with E-state index in [1.54, 1.807) is 0 Å². The molecule has 0 amide bonds. The van der Waals surface area contributed by atoms with E-state index in [-0.39, 0.29) is 0 Å². The molecule has 0 fully saturated rings. The van der Waals surface area contributed by atoms with Gasteiger partial charge in [0.2, 0.25) is 0 Å². The predicted octanol–water partition coefficient (Wildman–Crippen LogP) is 1.35. The molecule has 0 aliphatic carbocycles. The van der Waals surface area contributed by atoms with Crippen LogP contribution in [-0.4, -0.2) is 9.97 Å². The third kappa shape index (κ3) is 1.60. The van der Waals surface area contributed by atoms with Crippen LogP contribution in [0.5, 0.6) is 0 Å². The summed E-state index contributed by atoms with van der Waals surface area (Å²) in [5, 5.41) is 2.01. The molecule has 90 valence electrons. The van der Waals surface area contributed by atoms with Gasteiger partial charge in [-0.1, -0.05) is 12.1 Å². The van der Waals surface area contributed by atoms with Crippen LogP contribution in [0.2, 0.25) is 0 Å². The topological polar surface area (TPSA) is 102 Å². The van der Waals surface area contributed by atoms with Crippen LogP contribution in [0.3, 0.4) is 0 Å². The molecule has 0 aliphatic rings. The van der Waals surface area contributed by atoms with Crippen molar-refractivity contribution in [2.24, 2.45) is 11.7 Å². The Kier molecular flexibility index (Phi) is 2.44. The summed E-state index contributed by atoms with van der Waals surface area (Å²) in [6.07, 6.45) is 0. The standard InChI is InChI=1S/C12H12N6/c13-17-9-5-3-7-1-2-8-4-6-10(18-14)16-12(8)11(7)15-9/h1-6H,13-14H2,(H,15,17)(H,16,18). The van der Waals surface area contributed by atoms with Gasteiger partial charge in [0.15, 0.2) is 0 Å². The first kappa shape index (κ1) is 10.7. The second-order valence-electron chi connectivity index (χ2n) is 3.89. The number of fused-ring (bicyclic) bond motifs is 3. The van der Waals surface area contributed by atoms with Crippen molar-refractivity contribution in [2.45, 2.75) is 0 Å². The molecule has 2 aromatic heterocycles. The Labute approximate surface area is 103 Å². The SMILES string of the molecule is NNc1ccc2ccc3ccc(NN)nc3c2n1. The van der Waals surface area contributed by atoms with Crippen LogP contribution in [0.15, 0.2) is 36.4 Å². The number of nitrogens with two attached hydrogens (primary N) is 2. The Bertz CT molecular complexity index is 661. The lowest BCUT2D eigenvalue weighted by atomic mass is 10.1. The van der Waals surface area contributed by atoms with E-state index >= 15 is 0 Å². The number of nitrogen functional groups attached to an aromatic ring is 2. The normalized spacial score (nSPS) is 10.8. The fourth-order valence-electron chi connectivity index (χ4n) is 1.93. The van der Waals surface area contributed by atoms with Crippen molar-refractivity contribution < 1.29 is 0 Å². The number of nitrogens with one attached hydrogen (secondary N) is 2. The van der Waals surface area contributed by atoms with E-state index in [9.17, 15) is 0 Å². The minimum absolute atomic E-state index is 0.600. The zero-order valence-corrected chi connectivity index (χ0v) is 9.51. The summed E-state index contributed by atoms with van der Waals surface area (Å²) in [7, 11) is 0. The number of benzene rings is 1. The second-order valence-corrected chi connectivity index (χ2v) is 3.89. The summed E-state index contributed by atoms with van der Waals surface area (Å²) in [5.74, 6) is 12.0. The highest BCUT2D eigenvalue weighted by molar-refractivity contribution is 6.03. The Hall–Kier alpha value is -2.44. The fraction of sp³-hybridized carbons (Fsp3) is 0. The molecule has 0 saturated heterocycles. The fourth-order valence-corrected chi connectivity index (χ4v) is 1.93. The Morgan fingerprint density at radius 3 is 1.44 bits per heavy atom. The van der Waals surface area contributed by atoms with Gasteiger partial charge in [-0.3, -0.25) is 0 Å². The van der Waals surface area contributed by atoms with Gasteiger partial charge in [0, 0.05) is 10.8 Å². The average molecular weight is 240 g/mol. The molecule has 0 atom stereocenters. The maximum atomic E-state index is 5.38. The van der Waals surface area contributed by atoms with Crippen molar-refractivity contribution in [1.82, 2.24) is 9.97 Å². The predicted molar refractivity (Wildman–Crippen MR) is 72.7 cm³/mol. The van der Waals surface area contributed by atoms with Gasteiger partial charge in [-0.25, -0.2) is 21.7 Å². The zero-order chi connectivity index (χ0) is 12.5. The van der Waals surface area contributed by atoms with Crippen molar-refractivity contribution in [3.8, 4) is 0 Å². The quantitative estimate of drug-likeness (QED) is 0.306. The van der Waals surface area contributed by atoms with Crippen LogP contribution in [0.1, 0.15) is 0 Å². The van der Waals surface area contributed by atoms with E-state index in [1.165, 1.54) is 0 Å². The van der Waals surface area contributed by atoms with Crippen LogP contribution in [0.4, 0.5) is 11.6 Å². The number of hydrazine groups is 2. The maximum absolute atomic E-state index is 5.38. The highest BCUT2D eigenvalue weighted by Crippen LogP contribution is 2.24. The number of rotatable bonds is 2. The van der Waals surface area contributed by atoms with Gasteiger partial charge in [0.25, 0.3) is 0 Å².